The topological polar surface area (TPSA) is 85.1 Å². The number of hydrogen-bond acceptors (Lipinski definition) is 4. The summed E-state index contributed by atoms with van der Waals surface area (Å²) < 4.78 is 0.157. The van der Waals surface area contributed by atoms with Crippen molar-refractivity contribution in [1.82, 2.24) is 4.98 Å². The second-order valence-corrected chi connectivity index (χ2v) is 4.83. The minimum Gasteiger partial charge on any atom is -0.320 e. The predicted molar refractivity (Wildman–Crippen MR) is 77.7 cm³/mol. The van der Waals surface area contributed by atoms with E-state index in [1.54, 1.807) is 12.3 Å². The van der Waals surface area contributed by atoms with Crippen LogP contribution in [0.4, 0.5) is 11.4 Å². The number of carbonyl (C=O) groups excluding carboxylic acids is 1. The highest BCUT2D eigenvalue weighted by Gasteiger charge is 2.19. The zero-order valence-electron chi connectivity index (χ0n) is 10.5. The van der Waals surface area contributed by atoms with Gasteiger partial charge in [-0.05, 0) is 40.5 Å². The van der Waals surface area contributed by atoms with Gasteiger partial charge >= 0.3 is 0 Å². The molecule has 0 atom stereocenters. The van der Waals surface area contributed by atoms with Crippen molar-refractivity contribution in [1.29, 1.82) is 0 Å². The van der Waals surface area contributed by atoms with E-state index in [0.717, 1.165) is 5.56 Å². The minimum atomic E-state index is -0.545. The van der Waals surface area contributed by atoms with Gasteiger partial charge in [0.1, 0.15) is 4.47 Å². The Morgan fingerprint density at radius 2 is 2.15 bits per heavy atom. The van der Waals surface area contributed by atoms with E-state index in [9.17, 15) is 14.9 Å². The van der Waals surface area contributed by atoms with E-state index in [1.165, 1.54) is 24.4 Å². The molecule has 0 radical (unpaired) electrons. The number of rotatable bonds is 3. The van der Waals surface area contributed by atoms with Crippen LogP contribution in [-0.4, -0.2) is 15.8 Å². The molecule has 2 rings (SSSR count). The van der Waals surface area contributed by atoms with E-state index in [2.05, 4.69) is 26.2 Å². The van der Waals surface area contributed by atoms with Crippen LogP contribution in [0, 0.1) is 17.0 Å². The van der Waals surface area contributed by atoms with E-state index in [-0.39, 0.29) is 15.7 Å². The lowest BCUT2D eigenvalue weighted by atomic mass is 10.1. The maximum Gasteiger partial charge on any atom is 0.284 e. The molecule has 0 aliphatic carbocycles. The Morgan fingerprint density at radius 3 is 2.80 bits per heavy atom. The van der Waals surface area contributed by atoms with Crippen LogP contribution in [0.15, 0.2) is 41.1 Å². The molecule has 2 aromatic rings. The molecule has 0 spiro atoms. The Kier molecular flexibility index (Phi) is 4.09. The maximum absolute atomic E-state index is 12.2. The molecule has 1 amide bonds. The van der Waals surface area contributed by atoms with Gasteiger partial charge in [-0.2, -0.15) is 0 Å². The Bertz CT molecular complexity index is 688. The molecule has 0 aliphatic rings. The first-order valence-corrected chi connectivity index (χ1v) is 6.45. The van der Waals surface area contributed by atoms with Crippen molar-refractivity contribution in [3.05, 3.63) is 62.4 Å². The van der Waals surface area contributed by atoms with Crippen LogP contribution in [-0.2, 0) is 0 Å². The van der Waals surface area contributed by atoms with E-state index >= 15 is 0 Å². The number of anilines is 1. The van der Waals surface area contributed by atoms with Gasteiger partial charge in [0.15, 0.2) is 0 Å². The summed E-state index contributed by atoms with van der Waals surface area (Å²) in [6.45, 7) is 1.83. The Morgan fingerprint density at radius 1 is 1.40 bits per heavy atom. The van der Waals surface area contributed by atoms with Crippen LogP contribution in [0.1, 0.15) is 15.9 Å². The van der Waals surface area contributed by atoms with Gasteiger partial charge in [-0.1, -0.05) is 6.07 Å². The van der Waals surface area contributed by atoms with Crippen molar-refractivity contribution in [3.63, 3.8) is 0 Å². The number of hydrogen-bond donors (Lipinski definition) is 1. The Labute approximate surface area is 123 Å². The molecule has 0 unspecified atom stereocenters. The zero-order chi connectivity index (χ0) is 14.7. The van der Waals surface area contributed by atoms with Gasteiger partial charge in [-0.3, -0.25) is 19.9 Å². The summed E-state index contributed by atoms with van der Waals surface area (Å²) in [5, 5.41) is 13.5. The average Bonchev–Trinajstić information content (AvgIpc) is 2.41. The summed E-state index contributed by atoms with van der Waals surface area (Å²) in [6.07, 6.45) is 3.15. The number of nitro groups is 1. The summed E-state index contributed by atoms with van der Waals surface area (Å²) >= 11 is 3.10. The largest absolute Gasteiger partial charge is 0.320 e. The molecule has 0 saturated carbocycles. The lowest BCUT2D eigenvalue weighted by Crippen LogP contribution is -2.14. The van der Waals surface area contributed by atoms with E-state index in [0.29, 0.717) is 5.69 Å². The number of nitro benzene ring substituents is 1. The van der Waals surface area contributed by atoms with Crippen molar-refractivity contribution in [2.75, 3.05) is 5.32 Å². The summed E-state index contributed by atoms with van der Waals surface area (Å²) in [4.78, 5) is 26.4. The summed E-state index contributed by atoms with van der Waals surface area (Å²) in [5.41, 5.74) is 1.47. The minimum absolute atomic E-state index is 0.152. The molecule has 1 N–H and O–H groups in total. The Balaban J connectivity index is 2.33. The number of carbonyl (C=O) groups is 1. The first-order chi connectivity index (χ1) is 9.50. The maximum atomic E-state index is 12.2. The van der Waals surface area contributed by atoms with Crippen LogP contribution in [0.5, 0.6) is 0 Å². The lowest BCUT2D eigenvalue weighted by Gasteiger charge is -2.08. The molecule has 20 heavy (non-hydrogen) atoms. The SMILES string of the molecule is Cc1ccncc1NC(=O)c1cccc([N+](=O)[O-])c1Br. The van der Waals surface area contributed by atoms with Gasteiger partial charge in [0.2, 0.25) is 0 Å². The molecule has 0 aliphatic heterocycles. The van der Waals surface area contributed by atoms with Gasteiger partial charge in [0, 0.05) is 12.3 Å². The quantitative estimate of drug-likeness (QED) is 0.688. The molecule has 1 heterocycles. The van der Waals surface area contributed by atoms with Crippen molar-refractivity contribution < 1.29 is 9.72 Å². The third-order valence-electron chi connectivity index (χ3n) is 2.71. The number of nitrogens with zero attached hydrogens (tertiary/aromatic N) is 2. The lowest BCUT2D eigenvalue weighted by molar-refractivity contribution is -0.385. The van der Waals surface area contributed by atoms with Crippen molar-refractivity contribution in [2.45, 2.75) is 6.92 Å². The van der Waals surface area contributed by atoms with Crippen LogP contribution >= 0.6 is 15.9 Å². The highest BCUT2D eigenvalue weighted by atomic mass is 79.9. The third kappa shape index (κ3) is 2.83. The molecule has 0 bridgehead atoms. The third-order valence-corrected chi connectivity index (χ3v) is 3.54. The summed E-state index contributed by atoms with van der Waals surface area (Å²) in [7, 11) is 0. The summed E-state index contributed by atoms with van der Waals surface area (Å²) in [5.74, 6) is -0.434. The molecule has 1 aromatic heterocycles. The first-order valence-electron chi connectivity index (χ1n) is 5.65. The van der Waals surface area contributed by atoms with Gasteiger partial charge < -0.3 is 5.32 Å². The van der Waals surface area contributed by atoms with Crippen LogP contribution in [0.25, 0.3) is 0 Å². The highest BCUT2D eigenvalue weighted by molar-refractivity contribution is 9.10. The highest BCUT2D eigenvalue weighted by Crippen LogP contribution is 2.28. The van der Waals surface area contributed by atoms with Crippen LogP contribution < -0.4 is 5.32 Å². The second kappa shape index (κ2) is 5.79. The van der Waals surface area contributed by atoms with Crippen molar-refractivity contribution in [3.8, 4) is 0 Å². The van der Waals surface area contributed by atoms with E-state index < -0.39 is 10.8 Å². The van der Waals surface area contributed by atoms with Crippen LogP contribution in [0.3, 0.4) is 0 Å². The molecule has 0 saturated heterocycles. The van der Waals surface area contributed by atoms with Gasteiger partial charge in [-0.15, -0.1) is 0 Å². The van der Waals surface area contributed by atoms with Crippen molar-refractivity contribution in [2.24, 2.45) is 0 Å². The van der Waals surface area contributed by atoms with E-state index in [1.807, 2.05) is 6.92 Å². The number of aryl methyl sites for hydroxylation is 1. The monoisotopic (exact) mass is 335 g/mol. The molecule has 1 aromatic carbocycles. The molecule has 0 fully saturated rings. The smallest absolute Gasteiger partial charge is 0.284 e. The number of halogens is 1. The number of aromatic nitrogens is 1. The number of benzene rings is 1. The second-order valence-electron chi connectivity index (χ2n) is 4.04. The average molecular weight is 336 g/mol. The molecular weight excluding hydrogens is 326 g/mol. The Hall–Kier alpha value is -2.28. The van der Waals surface area contributed by atoms with Gasteiger partial charge in [0.05, 0.1) is 22.4 Å². The standard InChI is InChI=1S/C13H10BrN3O3/c1-8-5-6-15-7-10(8)16-13(18)9-3-2-4-11(12(9)14)17(19)20/h2-7H,1H3,(H,16,18). The van der Waals surface area contributed by atoms with Gasteiger partial charge in [0.25, 0.3) is 11.6 Å². The van der Waals surface area contributed by atoms with E-state index in [4.69, 9.17) is 0 Å². The number of pyridine rings is 1. The number of nitrogens with one attached hydrogen (secondary N) is 1. The zero-order valence-corrected chi connectivity index (χ0v) is 12.0. The number of amides is 1. The molecule has 6 nitrogen and oxygen atoms in total. The normalized spacial score (nSPS) is 10.1. The van der Waals surface area contributed by atoms with Crippen molar-refractivity contribution >= 4 is 33.2 Å². The fourth-order valence-corrected chi connectivity index (χ4v) is 2.21. The first kappa shape index (κ1) is 14.1. The fourth-order valence-electron chi connectivity index (χ4n) is 1.62. The van der Waals surface area contributed by atoms with Crippen LogP contribution in [0.2, 0.25) is 0 Å². The predicted octanol–water partition coefficient (Wildman–Crippen LogP) is 3.31. The van der Waals surface area contributed by atoms with Gasteiger partial charge in [-0.25, -0.2) is 0 Å². The molecule has 102 valence electrons. The molecule has 7 heteroatoms. The fraction of sp³-hybridized carbons (Fsp3) is 0.0769. The summed E-state index contributed by atoms with van der Waals surface area (Å²) in [6, 6.07) is 6.07. The molecular formula is C13H10BrN3O3.